The molecule has 4 rings (SSSR count). The number of nitrogens with zero attached hydrogens (tertiary/aromatic N) is 3. The first-order chi connectivity index (χ1) is 22.3. The zero-order chi connectivity index (χ0) is 37.3. The lowest BCUT2D eigenvalue weighted by Crippen LogP contribution is -2.59. The molecule has 0 fully saturated rings. The number of amides is 2. The summed E-state index contributed by atoms with van der Waals surface area (Å²) in [4.78, 5) is 29.6. The molecule has 2 aromatic heterocycles. The van der Waals surface area contributed by atoms with Crippen molar-refractivity contribution in [1.29, 1.82) is 0 Å². The number of hydrogen-bond donors (Lipinski definition) is 4. The number of aliphatic carboxylic acids is 1. The van der Waals surface area contributed by atoms with Gasteiger partial charge in [0.1, 0.15) is 17.8 Å². The molecule has 2 heterocycles. The number of rotatable bonds is 6. The van der Waals surface area contributed by atoms with Gasteiger partial charge in [-0.2, -0.15) is 48.3 Å². The zero-order valence-electron chi connectivity index (χ0n) is 24.6. The normalized spacial score (nSPS) is 13.8. The number of nitrogens with two attached hydrogens (primary N) is 1. The molecular formula is C28H22F12N6O3. The topological polar surface area (TPSA) is 135 Å². The Balaban J connectivity index is 0.000000838. The van der Waals surface area contributed by atoms with Gasteiger partial charge < -0.3 is 26.0 Å². The summed E-state index contributed by atoms with van der Waals surface area (Å²) in [6.45, 7) is 3.92. The van der Waals surface area contributed by atoms with E-state index in [4.69, 9.17) is 15.6 Å². The lowest BCUT2D eigenvalue weighted by atomic mass is 9.87. The fraction of sp³-hybridized carbons (Fsp3) is 0.286. The maximum atomic E-state index is 14.6. The van der Waals surface area contributed by atoms with Gasteiger partial charge in [0.25, 0.3) is 0 Å². The molecule has 21 heteroatoms. The highest BCUT2D eigenvalue weighted by molar-refractivity contribution is 6.02. The summed E-state index contributed by atoms with van der Waals surface area (Å²) in [5, 5.41) is 12.4. The van der Waals surface area contributed by atoms with Crippen LogP contribution in [0.25, 0.3) is 22.2 Å². The number of alkyl halides is 12. The highest BCUT2D eigenvalue weighted by Crippen LogP contribution is 2.58. The van der Waals surface area contributed by atoms with Crippen LogP contribution in [0.3, 0.4) is 0 Å². The second-order valence-corrected chi connectivity index (χ2v) is 10.3. The Labute approximate surface area is 266 Å². The van der Waals surface area contributed by atoms with Gasteiger partial charge in [0.15, 0.2) is 0 Å². The number of nitrogen functional groups attached to an aromatic ring is 1. The van der Waals surface area contributed by atoms with Crippen LogP contribution in [-0.2, 0) is 10.5 Å². The number of carbonyl (C=O) groups is 2. The average Bonchev–Trinajstić information content (AvgIpc) is 3.37. The summed E-state index contributed by atoms with van der Waals surface area (Å²) < 4.78 is 153. The molecule has 5 N–H and O–H groups in total. The van der Waals surface area contributed by atoms with Crippen LogP contribution in [0.5, 0.6) is 0 Å². The summed E-state index contributed by atoms with van der Waals surface area (Å²) in [7, 11) is 0. The first-order valence-corrected chi connectivity index (χ1v) is 13.2. The van der Waals surface area contributed by atoms with E-state index < -0.39 is 47.7 Å². The summed E-state index contributed by atoms with van der Waals surface area (Å²) in [5.41, 5.74) is 0.0166. The van der Waals surface area contributed by atoms with Gasteiger partial charge in [-0.05, 0) is 43.7 Å². The molecule has 0 saturated carbocycles. The molecule has 4 aromatic rings. The van der Waals surface area contributed by atoms with Crippen molar-refractivity contribution in [1.82, 2.24) is 14.5 Å². The van der Waals surface area contributed by atoms with E-state index in [1.165, 1.54) is 18.5 Å². The number of carbonyl (C=O) groups excluding carboxylic acids is 1. The Morgan fingerprint density at radius 3 is 1.65 bits per heavy atom. The molecule has 1 unspecified atom stereocenters. The molecule has 0 aliphatic heterocycles. The Bertz CT molecular complexity index is 1800. The molecule has 1 atom stereocenters. The number of carboxylic acid groups (broad SMARTS) is 1. The van der Waals surface area contributed by atoms with E-state index in [1.54, 1.807) is 12.1 Å². The SMILES string of the molecule is CC(C)n1cc(-c2ccc(NC(=O)Nc3ccc(C(F)(C(F)(F)F)C(F)(F)C(F)(F)F)cc3)cc2)c2c(N)ncnc21.O=C(O)C(F)(F)F. The first kappa shape index (κ1) is 38.2. The van der Waals surface area contributed by atoms with Crippen LogP contribution in [0.2, 0.25) is 0 Å². The Hall–Kier alpha value is -5.24. The molecule has 2 aromatic carbocycles. The molecule has 0 bridgehead atoms. The molecule has 0 saturated heterocycles. The molecule has 9 nitrogen and oxygen atoms in total. The third-order valence-electron chi connectivity index (χ3n) is 6.61. The highest BCUT2D eigenvalue weighted by Gasteiger charge is 2.81. The van der Waals surface area contributed by atoms with Crippen LogP contribution < -0.4 is 16.4 Å². The molecule has 49 heavy (non-hydrogen) atoms. The van der Waals surface area contributed by atoms with Crippen molar-refractivity contribution in [3.05, 3.63) is 66.6 Å². The number of carboxylic acids is 1. The van der Waals surface area contributed by atoms with E-state index in [1.807, 2.05) is 24.6 Å². The Morgan fingerprint density at radius 2 is 1.24 bits per heavy atom. The Kier molecular flexibility index (Phi) is 10.4. The fourth-order valence-electron chi connectivity index (χ4n) is 4.25. The van der Waals surface area contributed by atoms with Gasteiger partial charge in [0.05, 0.1) is 5.39 Å². The molecule has 2 amide bonds. The maximum absolute atomic E-state index is 14.6. The standard InChI is InChI=1S/C26H21F9N6O.C2HF3O2/c1-13(2)41-11-18(19-20(36)37-12-38-21(19)41)14-3-7-16(8-4-14)39-22(42)40-17-9-5-15(6-10-17)23(27,25(30,31)32)24(28,29)26(33,34)35;3-2(4,5)1(6)7/h3-13H,1-2H3,(H2,36,37,38)(H2,39,40,42);(H,6,7). The number of halogens is 12. The molecule has 0 radical (unpaired) electrons. The van der Waals surface area contributed by atoms with Gasteiger partial charge in [-0.1, -0.05) is 24.3 Å². The van der Waals surface area contributed by atoms with Crippen LogP contribution in [0, 0.1) is 0 Å². The van der Waals surface area contributed by atoms with Gasteiger partial charge in [-0.25, -0.2) is 23.9 Å². The van der Waals surface area contributed by atoms with Crippen molar-refractivity contribution in [3.8, 4) is 11.1 Å². The molecular weight excluding hydrogens is 696 g/mol. The minimum atomic E-state index is -6.84. The van der Waals surface area contributed by atoms with Crippen LogP contribution in [0.15, 0.2) is 61.1 Å². The predicted octanol–water partition coefficient (Wildman–Crippen LogP) is 8.46. The second-order valence-electron chi connectivity index (χ2n) is 10.3. The molecule has 0 aliphatic rings. The van der Waals surface area contributed by atoms with Gasteiger partial charge in [-0.3, -0.25) is 0 Å². The third-order valence-corrected chi connectivity index (χ3v) is 6.61. The van der Waals surface area contributed by atoms with E-state index in [0.717, 1.165) is 5.56 Å². The number of aromatic nitrogens is 3. The van der Waals surface area contributed by atoms with Gasteiger partial charge in [0.2, 0.25) is 0 Å². The lowest BCUT2D eigenvalue weighted by molar-refractivity contribution is -0.389. The Morgan fingerprint density at radius 1 is 0.776 bits per heavy atom. The van der Waals surface area contributed by atoms with E-state index in [0.29, 0.717) is 28.7 Å². The number of urea groups is 1. The first-order valence-electron chi connectivity index (χ1n) is 13.2. The van der Waals surface area contributed by atoms with Crippen LogP contribution >= 0.6 is 0 Å². The van der Waals surface area contributed by atoms with Crippen LogP contribution in [0.4, 0.5) is 74.7 Å². The smallest absolute Gasteiger partial charge is 0.475 e. The van der Waals surface area contributed by atoms with E-state index in [-0.39, 0.29) is 35.4 Å². The van der Waals surface area contributed by atoms with Crippen LogP contribution in [-0.4, -0.2) is 56.1 Å². The lowest BCUT2D eigenvalue weighted by Gasteiger charge is -2.36. The van der Waals surface area contributed by atoms with E-state index in [2.05, 4.69) is 20.6 Å². The summed E-state index contributed by atoms with van der Waals surface area (Å²) >= 11 is 0. The summed E-state index contributed by atoms with van der Waals surface area (Å²) in [6.07, 6.45) is -15.3. The number of benzene rings is 2. The van der Waals surface area contributed by atoms with Crippen molar-refractivity contribution in [3.63, 3.8) is 0 Å². The maximum Gasteiger partial charge on any atom is 0.490 e. The molecule has 0 aliphatic carbocycles. The number of fused-ring (bicyclic) bond motifs is 1. The van der Waals surface area contributed by atoms with E-state index >= 15 is 0 Å². The van der Waals surface area contributed by atoms with Crippen molar-refractivity contribution in [2.45, 2.75) is 50.0 Å². The van der Waals surface area contributed by atoms with Gasteiger partial charge in [-0.15, -0.1) is 0 Å². The van der Waals surface area contributed by atoms with Crippen LogP contribution in [0.1, 0.15) is 25.5 Å². The quantitative estimate of drug-likeness (QED) is 0.148. The van der Waals surface area contributed by atoms with Gasteiger partial charge >= 0.3 is 42.1 Å². The largest absolute Gasteiger partial charge is 0.490 e. The van der Waals surface area contributed by atoms with E-state index in [9.17, 15) is 57.5 Å². The monoisotopic (exact) mass is 718 g/mol. The average molecular weight is 718 g/mol. The van der Waals surface area contributed by atoms with Crippen molar-refractivity contribution in [2.75, 3.05) is 16.4 Å². The highest BCUT2D eigenvalue weighted by atomic mass is 19.4. The third kappa shape index (κ3) is 7.75. The summed E-state index contributed by atoms with van der Waals surface area (Å²) in [6, 6.07) is 6.78. The number of nitrogens with one attached hydrogen (secondary N) is 2. The fourth-order valence-corrected chi connectivity index (χ4v) is 4.25. The van der Waals surface area contributed by atoms with Crippen molar-refractivity contribution in [2.24, 2.45) is 0 Å². The minimum Gasteiger partial charge on any atom is -0.475 e. The molecule has 0 spiro atoms. The predicted molar refractivity (Wildman–Crippen MR) is 150 cm³/mol. The number of anilines is 3. The van der Waals surface area contributed by atoms with Crippen molar-refractivity contribution < 1.29 is 67.4 Å². The van der Waals surface area contributed by atoms with Crippen molar-refractivity contribution >= 4 is 40.2 Å². The summed E-state index contributed by atoms with van der Waals surface area (Å²) in [5.74, 6) is -9.28. The molecule has 266 valence electrons. The number of hydrogen-bond acceptors (Lipinski definition) is 5. The van der Waals surface area contributed by atoms with Gasteiger partial charge in [0, 0.05) is 34.7 Å². The minimum absolute atomic E-state index is 0.0603. The second kappa shape index (κ2) is 13.3. The zero-order valence-corrected chi connectivity index (χ0v) is 24.6.